The fourth-order valence-corrected chi connectivity index (χ4v) is 2.46. The Bertz CT molecular complexity index is 653. The van der Waals surface area contributed by atoms with Crippen LogP contribution in [-0.4, -0.2) is 30.1 Å². The van der Waals surface area contributed by atoms with Crippen LogP contribution in [0.3, 0.4) is 0 Å². The Morgan fingerprint density at radius 1 is 1.17 bits per heavy atom. The van der Waals surface area contributed by atoms with Crippen LogP contribution >= 0.6 is 0 Å². The zero-order valence-electron chi connectivity index (χ0n) is 13.8. The van der Waals surface area contributed by atoms with E-state index in [0.29, 0.717) is 6.54 Å². The summed E-state index contributed by atoms with van der Waals surface area (Å²) in [6.07, 6.45) is 0.0392. The zero-order valence-corrected chi connectivity index (χ0v) is 13.8. The molecule has 0 bridgehead atoms. The molecule has 2 aromatic rings. The molecule has 4 nitrogen and oxygen atoms in total. The average molecular weight is 313 g/mol. The third kappa shape index (κ3) is 4.57. The van der Waals surface area contributed by atoms with E-state index < -0.39 is 5.60 Å². The van der Waals surface area contributed by atoms with Gasteiger partial charge >= 0.3 is 0 Å². The average Bonchev–Trinajstić information content (AvgIpc) is 2.55. The fourth-order valence-electron chi connectivity index (χ4n) is 2.46. The van der Waals surface area contributed by atoms with Gasteiger partial charge in [0.15, 0.2) is 0 Å². The topological polar surface area (TPSA) is 49.8 Å². The molecule has 0 spiro atoms. The molecule has 0 aliphatic carbocycles. The number of carbonyl (C=O) groups excluding carboxylic acids is 1. The molecule has 0 aliphatic heterocycles. The SMILES string of the molecule is COc1cccc(CN(C)C(=O)CC(C)(O)c2ccccc2)c1. The molecule has 0 heterocycles. The summed E-state index contributed by atoms with van der Waals surface area (Å²) in [6.45, 7) is 2.14. The van der Waals surface area contributed by atoms with Gasteiger partial charge in [-0.2, -0.15) is 0 Å². The number of methoxy groups -OCH3 is 1. The molecule has 0 saturated carbocycles. The van der Waals surface area contributed by atoms with Gasteiger partial charge in [0.25, 0.3) is 0 Å². The number of rotatable bonds is 6. The number of hydrogen-bond acceptors (Lipinski definition) is 3. The molecule has 1 N–H and O–H groups in total. The van der Waals surface area contributed by atoms with Gasteiger partial charge in [0, 0.05) is 13.6 Å². The van der Waals surface area contributed by atoms with E-state index in [0.717, 1.165) is 16.9 Å². The Hall–Kier alpha value is -2.33. The molecule has 0 aromatic heterocycles. The number of benzene rings is 2. The summed E-state index contributed by atoms with van der Waals surface area (Å²) in [5.41, 5.74) is 0.545. The Balaban J connectivity index is 2.02. The van der Waals surface area contributed by atoms with Crippen LogP contribution in [0.1, 0.15) is 24.5 Å². The third-order valence-electron chi connectivity index (χ3n) is 3.87. The van der Waals surface area contributed by atoms with Gasteiger partial charge in [0.05, 0.1) is 19.1 Å². The molecular weight excluding hydrogens is 290 g/mol. The van der Waals surface area contributed by atoms with Crippen LogP contribution in [0.2, 0.25) is 0 Å². The van der Waals surface area contributed by atoms with Gasteiger partial charge < -0.3 is 14.7 Å². The largest absolute Gasteiger partial charge is 0.497 e. The van der Waals surface area contributed by atoms with E-state index in [1.54, 1.807) is 26.0 Å². The third-order valence-corrected chi connectivity index (χ3v) is 3.87. The number of carbonyl (C=O) groups is 1. The Labute approximate surface area is 137 Å². The summed E-state index contributed by atoms with van der Waals surface area (Å²) < 4.78 is 5.19. The van der Waals surface area contributed by atoms with E-state index in [-0.39, 0.29) is 12.3 Å². The van der Waals surface area contributed by atoms with Crippen LogP contribution in [0.5, 0.6) is 5.75 Å². The standard InChI is InChI=1S/C19H23NO3/c1-19(22,16-9-5-4-6-10-16)13-18(21)20(2)14-15-8-7-11-17(12-15)23-3/h4-12,22H,13-14H2,1-3H3. The minimum absolute atomic E-state index is 0.0392. The lowest BCUT2D eigenvalue weighted by molar-refractivity contribution is -0.135. The van der Waals surface area contributed by atoms with E-state index in [9.17, 15) is 9.90 Å². The molecule has 1 unspecified atom stereocenters. The molecule has 4 heteroatoms. The fraction of sp³-hybridized carbons (Fsp3) is 0.316. The molecular formula is C19H23NO3. The van der Waals surface area contributed by atoms with Gasteiger partial charge in [-0.3, -0.25) is 4.79 Å². The normalized spacial score (nSPS) is 13.2. The van der Waals surface area contributed by atoms with Gasteiger partial charge in [-0.1, -0.05) is 42.5 Å². The molecule has 122 valence electrons. The molecule has 23 heavy (non-hydrogen) atoms. The molecule has 0 radical (unpaired) electrons. The van der Waals surface area contributed by atoms with Crippen molar-refractivity contribution in [2.75, 3.05) is 14.2 Å². The van der Waals surface area contributed by atoms with Crippen molar-refractivity contribution in [3.05, 3.63) is 65.7 Å². The second kappa shape index (κ2) is 7.29. The molecule has 2 rings (SSSR count). The molecule has 0 aliphatic rings. The minimum atomic E-state index is -1.18. The van der Waals surface area contributed by atoms with Crippen molar-refractivity contribution in [2.24, 2.45) is 0 Å². The maximum absolute atomic E-state index is 12.4. The summed E-state index contributed by atoms with van der Waals surface area (Å²) in [6, 6.07) is 16.9. The highest BCUT2D eigenvalue weighted by molar-refractivity contribution is 5.77. The predicted molar refractivity (Wildman–Crippen MR) is 90.1 cm³/mol. The first-order valence-corrected chi connectivity index (χ1v) is 7.57. The van der Waals surface area contributed by atoms with E-state index in [4.69, 9.17) is 4.74 Å². The van der Waals surface area contributed by atoms with Crippen LogP contribution in [0.15, 0.2) is 54.6 Å². The highest BCUT2D eigenvalue weighted by atomic mass is 16.5. The lowest BCUT2D eigenvalue weighted by Crippen LogP contribution is -2.34. The summed E-state index contributed by atoms with van der Waals surface area (Å²) in [7, 11) is 3.36. The molecule has 0 saturated heterocycles. The van der Waals surface area contributed by atoms with Gasteiger partial charge in [-0.05, 0) is 30.2 Å². The maximum atomic E-state index is 12.4. The number of aliphatic hydroxyl groups is 1. The first-order chi connectivity index (χ1) is 10.9. The van der Waals surface area contributed by atoms with Crippen molar-refractivity contribution in [3.63, 3.8) is 0 Å². The van der Waals surface area contributed by atoms with Crippen LogP contribution in [0, 0.1) is 0 Å². The van der Waals surface area contributed by atoms with Crippen LogP contribution < -0.4 is 4.74 Å². The van der Waals surface area contributed by atoms with E-state index in [2.05, 4.69) is 0 Å². The second-order valence-electron chi connectivity index (χ2n) is 5.92. The van der Waals surface area contributed by atoms with Crippen molar-refractivity contribution in [1.29, 1.82) is 0 Å². The lowest BCUT2D eigenvalue weighted by atomic mass is 9.92. The monoisotopic (exact) mass is 313 g/mol. The van der Waals surface area contributed by atoms with Crippen molar-refractivity contribution in [1.82, 2.24) is 4.90 Å². The summed E-state index contributed by atoms with van der Waals surface area (Å²) in [5.74, 6) is 0.654. The van der Waals surface area contributed by atoms with Crippen LogP contribution in [0.4, 0.5) is 0 Å². The molecule has 2 aromatic carbocycles. The minimum Gasteiger partial charge on any atom is -0.497 e. The summed E-state index contributed by atoms with van der Waals surface area (Å²) in [5, 5.41) is 10.6. The Morgan fingerprint density at radius 2 is 1.87 bits per heavy atom. The van der Waals surface area contributed by atoms with Gasteiger partial charge in [-0.15, -0.1) is 0 Å². The number of hydrogen-bond donors (Lipinski definition) is 1. The van der Waals surface area contributed by atoms with Gasteiger partial charge in [0.1, 0.15) is 5.75 Å². The van der Waals surface area contributed by atoms with Crippen LogP contribution in [-0.2, 0) is 16.9 Å². The number of nitrogens with zero attached hydrogens (tertiary/aromatic N) is 1. The van der Waals surface area contributed by atoms with Crippen LogP contribution in [0.25, 0.3) is 0 Å². The second-order valence-corrected chi connectivity index (χ2v) is 5.92. The Kier molecular flexibility index (Phi) is 5.40. The molecule has 0 fully saturated rings. The van der Waals surface area contributed by atoms with E-state index >= 15 is 0 Å². The van der Waals surface area contributed by atoms with Crippen molar-refractivity contribution in [3.8, 4) is 5.75 Å². The smallest absolute Gasteiger partial charge is 0.225 e. The lowest BCUT2D eigenvalue weighted by Gasteiger charge is -2.26. The first-order valence-electron chi connectivity index (χ1n) is 7.57. The summed E-state index contributed by atoms with van der Waals surface area (Å²) in [4.78, 5) is 14.0. The highest BCUT2D eigenvalue weighted by Gasteiger charge is 2.27. The maximum Gasteiger partial charge on any atom is 0.225 e. The van der Waals surface area contributed by atoms with Crippen molar-refractivity contribution >= 4 is 5.91 Å². The number of ether oxygens (including phenoxy) is 1. The Morgan fingerprint density at radius 3 is 2.52 bits per heavy atom. The van der Waals surface area contributed by atoms with E-state index in [1.807, 2.05) is 54.6 Å². The highest BCUT2D eigenvalue weighted by Crippen LogP contribution is 2.25. The van der Waals surface area contributed by atoms with Crippen molar-refractivity contribution in [2.45, 2.75) is 25.5 Å². The summed E-state index contributed by atoms with van der Waals surface area (Å²) >= 11 is 0. The zero-order chi connectivity index (χ0) is 16.9. The molecule has 1 amide bonds. The van der Waals surface area contributed by atoms with Crippen molar-refractivity contribution < 1.29 is 14.6 Å². The first kappa shape index (κ1) is 17.0. The quantitative estimate of drug-likeness (QED) is 0.892. The van der Waals surface area contributed by atoms with Gasteiger partial charge in [-0.25, -0.2) is 0 Å². The predicted octanol–water partition coefficient (Wildman–Crippen LogP) is 2.95. The molecule has 1 atom stereocenters. The van der Waals surface area contributed by atoms with Gasteiger partial charge in [0.2, 0.25) is 5.91 Å². The van der Waals surface area contributed by atoms with E-state index in [1.165, 1.54) is 0 Å². The number of amides is 1.